The average molecular weight is 279 g/mol. The van der Waals surface area contributed by atoms with Gasteiger partial charge in [-0.3, -0.25) is 0 Å². The van der Waals surface area contributed by atoms with Crippen molar-refractivity contribution in [1.82, 2.24) is 5.32 Å². The first kappa shape index (κ1) is 14.3. The van der Waals surface area contributed by atoms with Gasteiger partial charge in [-0.1, -0.05) is 67.9 Å². The molecule has 0 bridgehead atoms. The van der Waals surface area contributed by atoms with Crippen molar-refractivity contribution in [3.63, 3.8) is 0 Å². The third-order valence-corrected chi connectivity index (χ3v) is 4.79. The molecule has 0 fully saturated rings. The van der Waals surface area contributed by atoms with Crippen molar-refractivity contribution in [3.05, 3.63) is 70.8 Å². The van der Waals surface area contributed by atoms with Crippen molar-refractivity contribution in [2.45, 2.75) is 46.2 Å². The number of benzene rings is 2. The Labute approximate surface area is 128 Å². The van der Waals surface area contributed by atoms with E-state index in [0.717, 1.165) is 6.42 Å². The van der Waals surface area contributed by atoms with Gasteiger partial charge in [0, 0.05) is 12.1 Å². The minimum atomic E-state index is 0.267. The van der Waals surface area contributed by atoms with Gasteiger partial charge in [0.15, 0.2) is 0 Å². The standard InChI is InChI=1S/C20H25N/c1-14-9-11-16(12-10-14)15(2)21-19-18-8-6-5-7-17(18)13-20(19,3)4/h5-12,15,19,21H,13H2,1-4H3/t15-,19?/m0/s1. The molecule has 21 heavy (non-hydrogen) atoms. The fourth-order valence-electron chi connectivity index (χ4n) is 3.51. The number of hydrogen-bond donors (Lipinski definition) is 1. The van der Waals surface area contributed by atoms with Gasteiger partial charge in [-0.2, -0.15) is 0 Å². The topological polar surface area (TPSA) is 12.0 Å². The Hall–Kier alpha value is -1.60. The summed E-state index contributed by atoms with van der Waals surface area (Å²) in [5.74, 6) is 0. The van der Waals surface area contributed by atoms with Gasteiger partial charge in [0.05, 0.1) is 0 Å². The Kier molecular flexibility index (Phi) is 3.62. The summed E-state index contributed by atoms with van der Waals surface area (Å²) >= 11 is 0. The maximum atomic E-state index is 3.86. The molecule has 0 saturated heterocycles. The van der Waals surface area contributed by atoms with E-state index in [-0.39, 0.29) is 5.41 Å². The van der Waals surface area contributed by atoms with Crippen LogP contribution in [0.5, 0.6) is 0 Å². The maximum Gasteiger partial charge on any atom is 0.0382 e. The number of aryl methyl sites for hydroxylation is 1. The molecule has 3 rings (SSSR count). The summed E-state index contributed by atoms with van der Waals surface area (Å²) in [6, 6.07) is 18.5. The zero-order valence-corrected chi connectivity index (χ0v) is 13.5. The largest absolute Gasteiger partial charge is 0.303 e. The van der Waals surface area contributed by atoms with Crippen molar-refractivity contribution < 1.29 is 0 Å². The number of fused-ring (bicyclic) bond motifs is 1. The molecule has 0 aromatic heterocycles. The molecule has 1 aliphatic carbocycles. The highest BCUT2D eigenvalue weighted by atomic mass is 15.0. The van der Waals surface area contributed by atoms with Crippen LogP contribution in [0, 0.1) is 12.3 Å². The average Bonchev–Trinajstić information content (AvgIpc) is 2.70. The van der Waals surface area contributed by atoms with Gasteiger partial charge < -0.3 is 5.32 Å². The molecule has 0 spiro atoms. The summed E-state index contributed by atoms with van der Waals surface area (Å²) in [6.07, 6.45) is 1.15. The molecule has 2 atom stereocenters. The number of nitrogens with one attached hydrogen (secondary N) is 1. The summed E-state index contributed by atoms with van der Waals surface area (Å²) in [6.45, 7) is 9.14. The van der Waals surface area contributed by atoms with Gasteiger partial charge in [-0.25, -0.2) is 0 Å². The molecule has 2 aromatic rings. The Bertz CT molecular complexity index is 625. The molecular weight excluding hydrogens is 254 g/mol. The van der Waals surface area contributed by atoms with Crippen LogP contribution in [0.4, 0.5) is 0 Å². The van der Waals surface area contributed by atoms with Crippen LogP contribution in [-0.4, -0.2) is 0 Å². The first-order valence-corrected chi connectivity index (χ1v) is 7.88. The number of hydrogen-bond acceptors (Lipinski definition) is 1. The number of rotatable bonds is 3. The monoisotopic (exact) mass is 279 g/mol. The van der Waals surface area contributed by atoms with E-state index in [0.29, 0.717) is 12.1 Å². The van der Waals surface area contributed by atoms with Crippen molar-refractivity contribution >= 4 is 0 Å². The summed E-state index contributed by atoms with van der Waals surface area (Å²) in [4.78, 5) is 0. The fourth-order valence-corrected chi connectivity index (χ4v) is 3.51. The summed E-state index contributed by atoms with van der Waals surface area (Å²) < 4.78 is 0. The highest BCUT2D eigenvalue weighted by Crippen LogP contribution is 2.45. The predicted molar refractivity (Wildman–Crippen MR) is 89.4 cm³/mol. The van der Waals surface area contributed by atoms with E-state index in [1.54, 1.807) is 0 Å². The second-order valence-corrected chi connectivity index (χ2v) is 7.10. The fraction of sp³-hybridized carbons (Fsp3) is 0.400. The van der Waals surface area contributed by atoms with Crippen LogP contribution in [-0.2, 0) is 6.42 Å². The van der Waals surface area contributed by atoms with Crippen LogP contribution in [0.2, 0.25) is 0 Å². The maximum absolute atomic E-state index is 3.86. The van der Waals surface area contributed by atoms with E-state index in [9.17, 15) is 0 Å². The lowest BCUT2D eigenvalue weighted by atomic mass is 9.84. The molecule has 2 aromatic carbocycles. The van der Waals surface area contributed by atoms with Gasteiger partial charge in [0.2, 0.25) is 0 Å². The Morgan fingerprint density at radius 3 is 2.43 bits per heavy atom. The molecule has 1 nitrogen and oxygen atoms in total. The third-order valence-electron chi connectivity index (χ3n) is 4.79. The molecule has 1 heteroatoms. The van der Waals surface area contributed by atoms with Gasteiger partial charge in [0.1, 0.15) is 0 Å². The molecule has 110 valence electrons. The van der Waals surface area contributed by atoms with Crippen LogP contribution in [0.1, 0.15) is 55.1 Å². The zero-order chi connectivity index (χ0) is 15.0. The molecule has 1 aliphatic rings. The van der Waals surface area contributed by atoms with Crippen LogP contribution >= 0.6 is 0 Å². The Morgan fingerprint density at radius 2 is 1.71 bits per heavy atom. The molecule has 0 saturated carbocycles. The van der Waals surface area contributed by atoms with Crippen LogP contribution in [0.3, 0.4) is 0 Å². The van der Waals surface area contributed by atoms with Crippen molar-refractivity contribution in [1.29, 1.82) is 0 Å². The van der Waals surface area contributed by atoms with Gasteiger partial charge in [0.25, 0.3) is 0 Å². The smallest absolute Gasteiger partial charge is 0.0382 e. The van der Waals surface area contributed by atoms with Crippen molar-refractivity contribution in [2.75, 3.05) is 0 Å². The van der Waals surface area contributed by atoms with Crippen molar-refractivity contribution in [3.8, 4) is 0 Å². The van der Waals surface area contributed by atoms with Gasteiger partial charge >= 0.3 is 0 Å². The van der Waals surface area contributed by atoms with E-state index >= 15 is 0 Å². The first-order chi connectivity index (χ1) is 9.97. The molecule has 0 radical (unpaired) electrons. The summed E-state index contributed by atoms with van der Waals surface area (Å²) in [5, 5.41) is 3.86. The minimum Gasteiger partial charge on any atom is -0.303 e. The molecular formula is C20H25N. The normalized spacial score (nSPS) is 21.0. The SMILES string of the molecule is Cc1ccc([C@H](C)NC2c3ccccc3CC2(C)C)cc1. The quantitative estimate of drug-likeness (QED) is 0.836. The lowest BCUT2D eigenvalue weighted by Crippen LogP contribution is -2.33. The Morgan fingerprint density at radius 1 is 1.05 bits per heavy atom. The van der Waals surface area contributed by atoms with E-state index in [1.807, 2.05) is 0 Å². The van der Waals surface area contributed by atoms with Gasteiger partial charge in [-0.05, 0) is 42.4 Å². The zero-order valence-electron chi connectivity index (χ0n) is 13.5. The predicted octanol–water partition coefficient (Wildman–Crippen LogP) is 4.97. The summed E-state index contributed by atoms with van der Waals surface area (Å²) in [5.41, 5.74) is 5.92. The second kappa shape index (κ2) is 5.31. The molecule has 0 aliphatic heterocycles. The molecule has 1 N–H and O–H groups in total. The lowest BCUT2D eigenvalue weighted by molar-refractivity contribution is 0.252. The van der Waals surface area contributed by atoms with E-state index < -0.39 is 0 Å². The van der Waals surface area contributed by atoms with E-state index in [2.05, 4.69) is 81.5 Å². The van der Waals surface area contributed by atoms with Crippen LogP contribution in [0.25, 0.3) is 0 Å². The van der Waals surface area contributed by atoms with Crippen LogP contribution in [0.15, 0.2) is 48.5 Å². The second-order valence-electron chi connectivity index (χ2n) is 7.10. The summed E-state index contributed by atoms with van der Waals surface area (Å²) in [7, 11) is 0. The highest BCUT2D eigenvalue weighted by molar-refractivity contribution is 5.38. The first-order valence-electron chi connectivity index (χ1n) is 7.88. The van der Waals surface area contributed by atoms with E-state index in [1.165, 1.54) is 22.3 Å². The van der Waals surface area contributed by atoms with E-state index in [4.69, 9.17) is 0 Å². The molecule has 1 unspecified atom stereocenters. The minimum absolute atomic E-state index is 0.267. The van der Waals surface area contributed by atoms with Gasteiger partial charge in [-0.15, -0.1) is 0 Å². The van der Waals surface area contributed by atoms with Crippen molar-refractivity contribution in [2.24, 2.45) is 5.41 Å². The Balaban J connectivity index is 1.85. The third kappa shape index (κ3) is 2.75. The molecule has 0 amide bonds. The van der Waals surface area contributed by atoms with Crippen LogP contribution < -0.4 is 5.32 Å². The lowest BCUT2D eigenvalue weighted by Gasteiger charge is -2.31. The molecule has 0 heterocycles. The highest BCUT2D eigenvalue weighted by Gasteiger charge is 2.39.